The molecule has 0 aliphatic carbocycles. The van der Waals surface area contributed by atoms with E-state index in [0.29, 0.717) is 12.2 Å². The van der Waals surface area contributed by atoms with Gasteiger partial charge in [-0.05, 0) is 37.0 Å². The molecule has 0 unspecified atom stereocenters. The Hall–Kier alpha value is -1.92. The Morgan fingerprint density at radius 2 is 2.13 bits per heavy atom. The molecule has 23 heavy (non-hydrogen) atoms. The first-order valence-electron chi connectivity index (χ1n) is 8.13. The van der Waals surface area contributed by atoms with Gasteiger partial charge in [0.25, 0.3) is 0 Å². The molecule has 1 fully saturated rings. The van der Waals surface area contributed by atoms with Crippen molar-refractivity contribution in [2.75, 3.05) is 18.5 Å². The molecule has 0 spiro atoms. The van der Waals surface area contributed by atoms with Gasteiger partial charge in [0.1, 0.15) is 18.7 Å². The summed E-state index contributed by atoms with van der Waals surface area (Å²) < 4.78 is 5.46. The molecule has 1 aliphatic heterocycles. The maximum atomic E-state index is 12.0. The average Bonchev–Trinajstić information content (AvgIpc) is 3.05. The molecule has 2 atom stereocenters. The van der Waals surface area contributed by atoms with Crippen LogP contribution < -0.4 is 15.7 Å². The van der Waals surface area contributed by atoms with Gasteiger partial charge in [0, 0.05) is 12.3 Å². The van der Waals surface area contributed by atoms with Crippen molar-refractivity contribution in [3.63, 3.8) is 0 Å². The monoisotopic (exact) mass is 320 g/mol. The maximum absolute atomic E-state index is 12.0. The maximum Gasteiger partial charge on any atom is 0.230 e. The van der Waals surface area contributed by atoms with E-state index in [2.05, 4.69) is 12.2 Å². The number of amides is 1. The Bertz CT molecular complexity index is 524. The standard InChI is InChI=1S/C17H24N2O4/c1-2-12-5-7-13(8-6-12)19-16(20)10-15(17(21)22)18-11-14-4-3-9-23-14/h5-8,14-15,18H,2-4,9-11H2,1H3,(H,19,20)(H,21,22)/t14-,15-/m1/s1. The van der Waals surface area contributed by atoms with Crippen LogP contribution in [0, 0.1) is 0 Å². The van der Waals surface area contributed by atoms with Crippen molar-refractivity contribution in [1.82, 2.24) is 0 Å². The first-order chi connectivity index (χ1) is 11.1. The summed E-state index contributed by atoms with van der Waals surface area (Å²) in [6.45, 7) is 3.32. The number of carboxylic acids is 1. The number of carboxylic acid groups (broad SMARTS) is 1. The summed E-state index contributed by atoms with van der Waals surface area (Å²) >= 11 is 0. The molecular weight excluding hydrogens is 296 g/mol. The van der Waals surface area contributed by atoms with Crippen LogP contribution in [0.5, 0.6) is 0 Å². The lowest BCUT2D eigenvalue weighted by molar-refractivity contribution is -0.687. The van der Waals surface area contributed by atoms with Gasteiger partial charge in [-0.2, -0.15) is 0 Å². The molecule has 1 heterocycles. The SMILES string of the molecule is CCc1ccc(NC(=O)C[C@@H]([NH2+]C[C@H]2CCCO2)C(=O)[O-])cc1. The molecule has 1 aromatic carbocycles. The van der Waals surface area contributed by atoms with E-state index in [-0.39, 0.29) is 18.4 Å². The third kappa shape index (κ3) is 5.65. The molecule has 3 N–H and O–H groups in total. The van der Waals surface area contributed by atoms with Crippen LogP contribution in [0.4, 0.5) is 5.69 Å². The highest BCUT2D eigenvalue weighted by atomic mass is 16.5. The van der Waals surface area contributed by atoms with Crippen LogP contribution in [0.15, 0.2) is 24.3 Å². The van der Waals surface area contributed by atoms with Crippen molar-refractivity contribution in [3.05, 3.63) is 29.8 Å². The first kappa shape index (κ1) is 17.4. The second-order valence-electron chi connectivity index (χ2n) is 5.83. The van der Waals surface area contributed by atoms with Crippen molar-refractivity contribution in [1.29, 1.82) is 0 Å². The molecule has 6 nitrogen and oxygen atoms in total. The number of aryl methyl sites for hydroxylation is 1. The van der Waals surface area contributed by atoms with Crippen molar-refractivity contribution < 1.29 is 24.7 Å². The number of hydrogen-bond donors (Lipinski definition) is 2. The van der Waals surface area contributed by atoms with Gasteiger partial charge in [-0.25, -0.2) is 0 Å². The minimum atomic E-state index is -1.22. The minimum absolute atomic E-state index is 0.0708. The highest BCUT2D eigenvalue weighted by molar-refractivity contribution is 5.93. The van der Waals surface area contributed by atoms with E-state index in [1.807, 2.05) is 24.3 Å². The number of benzene rings is 1. The zero-order chi connectivity index (χ0) is 16.7. The molecule has 126 valence electrons. The number of ether oxygens (including phenoxy) is 1. The minimum Gasteiger partial charge on any atom is -0.544 e. The van der Waals surface area contributed by atoms with Gasteiger partial charge in [-0.1, -0.05) is 19.1 Å². The van der Waals surface area contributed by atoms with Crippen molar-refractivity contribution >= 4 is 17.6 Å². The lowest BCUT2D eigenvalue weighted by Gasteiger charge is -2.18. The van der Waals surface area contributed by atoms with E-state index >= 15 is 0 Å². The predicted octanol–water partition coefficient (Wildman–Crippen LogP) is -0.561. The third-order valence-electron chi connectivity index (χ3n) is 4.06. The van der Waals surface area contributed by atoms with Gasteiger partial charge in [-0.15, -0.1) is 0 Å². The zero-order valence-electron chi connectivity index (χ0n) is 13.4. The Kier molecular flexibility index (Phi) is 6.55. The summed E-state index contributed by atoms with van der Waals surface area (Å²) in [5, 5.41) is 15.6. The summed E-state index contributed by atoms with van der Waals surface area (Å²) in [7, 11) is 0. The normalized spacial score (nSPS) is 18.6. The summed E-state index contributed by atoms with van der Waals surface area (Å²) in [5.41, 5.74) is 1.85. The molecule has 2 rings (SSSR count). The van der Waals surface area contributed by atoms with E-state index < -0.39 is 12.0 Å². The van der Waals surface area contributed by atoms with Crippen LogP contribution >= 0.6 is 0 Å². The fraction of sp³-hybridized carbons (Fsp3) is 0.529. The number of quaternary nitrogens is 1. The zero-order valence-corrected chi connectivity index (χ0v) is 13.4. The number of carbonyl (C=O) groups excluding carboxylic acids is 2. The van der Waals surface area contributed by atoms with Gasteiger partial charge in [0.2, 0.25) is 5.91 Å². The Morgan fingerprint density at radius 1 is 1.39 bits per heavy atom. The summed E-state index contributed by atoms with van der Waals surface area (Å²) in [6, 6.07) is 6.63. The van der Waals surface area contributed by atoms with Crippen molar-refractivity contribution in [3.8, 4) is 0 Å². The van der Waals surface area contributed by atoms with Gasteiger partial charge in [0.05, 0.1) is 12.4 Å². The lowest BCUT2D eigenvalue weighted by Crippen LogP contribution is -2.94. The number of rotatable bonds is 8. The summed E-state index contributed by atoms with van der Waals surface area (Å²) in [5.74, 6) is -1.55. The molecule has 6 heteroatoms. The molecule has 0 radical (unpaired) electrons. The third-order valence-corrected chi connectivity index (χ3v) is 4.06. The largest absolute Gasteiger partial charge is 0.544 e. The number of nitrogens with two attached hydrogens (primary N) is 1. The first-order valence-corrected chi connectivity index (χ1v) is 8.13. The molecule has 0 saturated carbocycles. The highest BCUT2D eigenvalue weighted by Crippen LogP contribution is 2.11. The number of nitrogens with one attached hydrogen (secondary N) is 1. The Morgan fingerprint density at radius 3 is 2.70 bits per heavy atom. The quantitative estimate of drug-likeness (QED) is 0.671. The van der Waals surface area contributed by atoms with E-state index in [1.54, 1.807) is 5.32 Å². The molecule has 0 bridgehead atoms. The van der Waals surface area contributed by atoms with Crippen molar-refractivity contribution in [2.45, 2.75) is 44.8 Å². The van der Waals surface area contributed by atoms with Gasteiger partial charge in [0.15, 0.2) is 0 Å². The van der Waals surface area contributed by atoms with Crippen LogP contribution in [-0.4, -0.2) is 37.2 Å². The summed E-state index contributed by atoms with van der Waals surface area (Å²) in [4.78, 5) is 23.2. The number of aliphatic carboxylic acids is 1. The number of carbonyl (C=O) groups is 2. The van der Waals surface area contributed by atoms with Crippen LogP contribution in [0.25, 0.3) is 0 Å². The highest BCUT2D eigenvalue weighted by Gasteiger charge is 2.23. The lowest BCUT2D eigenvalue weighted by atomic mass is 10.1. The summed E-state index contributed by atoms with van der Waals surface area (Å²) in [6.07, 6.45) is 2.82. The van der Waals surface area contributed by atoms with Crippen LogP contribution in [0.3, 0.4) is 0 Å². The van der Waals surface area contributed by atoms with Crippen LogP contribution in [0.1, 0.15) is 31.7 Å². The van der Waals surface area contributed by atoms with E-state index in [9.17, 15) is 14.7 Å². The number of anilines is 1. The van der Waals surface area contributed by atoms with E-state index in [1.165, 1.54) is 5.56 Å². The van der Waals surface area contributed by atoms with Gasteiger partial charge < -0.3 is 25.3 Å². The molecule has 1 saturated heterocycles. The molecule has 1 aromatic rings. The molecule has 0 aromatic heterocycles. The fourth-order valence-electron chi connectivity index (χ4n) is 2.64. The topological polar surface area (TPSA) is 95.1 Å². The smallest absolute Gasteiger partial charge is 0.230 e. The van der Waals surface area contributed by atoms with Crippen LogP contribution in [0.2, 0.25) is 0 Å². The van der Waals surface area contributed by atoms with Gasteiger partial charge >= 0.3 is 0 Å². The molecular formula is C17H24N2O4. The van der Waals surface area contributed by atoms with Crippen LogP contribution in [-0.2, 0) is 20.7 Å². The van der Waals surface area contributed by atoms with E-state index in [4.69, 9.17) is 4.74 Å². The number of hydrogen-bond acceptors (Lipinski definition) is 4. The Balaban J connectivity index is 1.82. The average molecular weight is 320 g/mol. The van der Waals surface area contributed by atoms with E-state index in [0.717, 1.165) is 25.9 Å². The van der Waals surface area contributed by atoms with Gasteiger partial charge in [-0.3, -0.25) is 4.79 Å². The molecule has 1 amide bonds. The second kappa shape index (κ2) is 8.64. The fourth-order valence-corrected chi connectivity index (χ4v) is 2.64. The molecule has 1 aliphatic rings. The second-order valence-corrected chi connectivity index (χ2v) is 5.83. The predicted molar refractivity (Wildman–Crippen MR) is 83.6 cm³/mol. The van der Waals surface area contributed by atoms with Crippen molar-refractivity contribution in [2.24, 2.45) is 0 Å². The Labute approximate surface area is 136 Å².